The van der Waals surface area contributed by atoms with Gasteiger partial charge in [0.1, 0.15) is 11.6 Å². The van der Waals surface area contributed by atoms with Crippen LogP contribution in [0.3, 0.4) is 0 Å². The number of piperidine rings is 1. The third kappa shape index (κ3) is 4.07. The number of benzene rings is 1. The summed E-state index contributed by atoms with van der Waals surface area (Å²) in [5, 5.41) is 6.47. The number of amides is 2. The molecular weight excluding hydrogens is 393 g/mol. The SMILES string of the molecule is Cc1cc(NC(=O)C2CCN(C(=O)c3ccc(F)cc3Br)CC2)no1. The van der Waals surface area contributed by atoms with E-state index in [-0.39, 0.29) is 17.7 Å². The first-order chi connectivity index (χ1) is 11.9. The van der Waals surface area contributed by atoms with Crippen LogP contribution < -0.4 is 5.32 Å². The van der Waals surface area contributed by atoms with Crippen molar-refractivity contribution >= 4 is 33.6 Å². The zero-order valence-electron chi connectivity index (χ0n) is 13.6. The average molecular weight is 410 g/mol. The number of anilines is 1. The van der Waals surface area contributed by atoms with Crippen LogP contribution in [0.2, 0.25) is 0 Å². The Kier molecular flexibility index (Phi) is 5.17. The van der Waals surface area contributed by atoms with Crippen molar-refractivity contribution in [3.05, 3.63) is 45.9 Å². The number of aryl methyl sites for hydroxylation is 1. The lowest BCUT2D eigenvalue weighted by Gasteiger charge is -2.31. The second-order valence-electron chi connectivity index (χ2n) is 6.00. The molecular formula is C17H17BrFN3O3. The Morgan fingerprint density at radius 1 is 1.32 bits per heavy atom. The highest BCUT2D eigenvalue weighted by Gasteiger charge is 2.29. The van der Waals surface area contributed by atoms with Crippen molar-refractivity contribution in [2.45, 2.75) is 19.8 Å². The number of nitrogens with one attached hydrogen (secondary N) is 1. The van der Waals surface area contributed by atoms with Gasteiger partial charge in [0.2, 0.25) is 5.91 Å². The molecule has 0 saturated carbocycles. The average Bonchev–Trinajstić information content (AvgIpc) is 2.99. The Labute approximate surface area is 152 Å². The highest BCUT2D eigenvalue weighted by atomic mass is 79.9. The van der Waals surface area contributed by atoms with Crippen LogP contribution >= 0.6 is 15.9 Å². The summed E-state index contributed by atoms with van der Waals surface area (Å²) in [5.74, 6) is 0.151. The van der Waals surface area contributed by atoms with Gasteiger partial charge in [0.25, 0.3) is 5.91 Å². The number of halogens is 2. The van der Waals surface area contributed by atoms with Crippen molar-refractivity contribution in [1.82, 2.24) is 10.1 Å². The lowest BCUT2D eigenvalue weighted by Crippen LogP contribution is -2.41. The molecule has 0 radical (unpaired) electrons. The number of likely N-dealkylation sites (tertiary alicyclic amines) is 1. The largest absolute Gasteiger partial charge is 0.360 e. The highest BCUT2D eigenvalue weighted by Crippen LogP contribution is 2.24. The normalized spacial score (nSPS) is 15.2. The van der Waals surface area contributed by atoms with Gasteiger partial charge in [-0.25, -0.2) is 4.39 Å². The number of carbonyl (C=O) groups is 2. The van der Waals surface area contributed by atoms with E-state index in [0.717, 1.165) is 0 Å². The molecule has 0 atom stereocenters. The van der Waals surface area contributed by atoms with Gasteiger partial charge in [0.15, 0.2) is 5.82 Å². The molecule has 2 aromatic rings. The Bertz CT molecular complexity index is 800. The molecule has 1 aliphatic rings. The summed E-state index contributed by atoms with van der Waals surface area (Å²) in [6.07, 6.45) is 1.13. The molecule has 8 heteroatoms. The van der Waals surface area contributed by atoms with E-state index in [1.807, 2.05) is 0 Å². The van der Waals surface area contributed by atoms with Crippen LogP contribution in [0.25, 0.3) is 0 Å². The number of hydrogen-bond acceptors (Lipinski definition) is 4. The zero-order valence-corrected chi connectivity index (χ0v) is 15.2. The molecule has 1 aliphatic heterocycles. The molecule has 1 fully saturated rings. The van der Waals surface area contributed by atoms with E-state index in [4.69, 9.17) is 4.52 Å². The van der Waals surface area contributed by atoms with Crippen LogP contribution in [0.4, 0.5) is 10.2 Å². The standard InChI is InChI=1S/C17H17BrFN3O3/c1-10-8-15(21-25-10)20-16(23)11-4-6-22(7-5-11)17(24)13-3-2-12(19)9-14(13)18/h2-3,8-9,11H,4-7H2,1H3,(H,20,21,23). The minimum Gasteiger partial charge on any atom is -0.360 e. The van der Waals surface area contributed by atoms with Crippen molar-refractivity contribution < 1.29 is 18.5 Å². The van der Waals surface area contributed by atoms with Crippen molar-refractivity contribution in [3.8, 4) is 0 Å². The van der Waals surface area contributed by atoms with Crippen LogP contribution in [0.15, 0.2) is 33.3 Å². The van der Waals surface area contributed by atoms with Gasteiger partial charge in [-0.2, -0.15) is 0 Å². The summed E-state index contributed by atoms with van der Waals surface area (Å²) in [7, 11) is 0. The van der Waals surface area contributed by atoms with Gasteiger partial charge >= 0.3 is 0 Å². The predicted molar refractivity (Wildman–Crippen MR) is 92.6 cm³/mol. The molecule has 0 unspecified atom stereocenters. The van der Waals surface area contributed by atoms with Crippen molar-refractivity contribution in [2.24, 2.45) is 5.92 Å². The molecule has 132 valence electrons. The maximum atomic E-state index is 13.2. The first-order valence-electron chi connectivity index (χ1n) is 7.92. The first kappa shape index (κ1) is 17.6. The zero-order chi connectivity index (χ0) is 18.0. The fourth-order valence-corrected chi connectivity index (χ4v) is 3.35. The summed E-state index contributed by atoms with van der Waals surface area (Å²) < 4.78 is 18.5. The molecule has 1 N–H and O–H groups in total. The smallest absolute Gasteiger partial charge is 0.255 e. The van der Waals surface area contributed by atoms with Crippen LogP contribution in [0, 0.1) is 18.7 Å². The lowest BCUT2D eigenvalue weighted by molar-refractivity contribution is -0.121. The third-order valence-electron chi connectivity index (χ3n) is 4.19. The molecule has 2 heterocycles. The maximum absolute atomic E-state index is 13.2. The van der Waals surface area contributed by atoms with E-state index < -0.39 is 5.82 Å². The Morgan fingerprint density at radius 3 is 2.64 bits per heavy atom. The molecule has 0 spiro atoms. The molecule has 6 nitrogen and oxygen atoms in total. The summed E-state index contributed by atoms with van der Waals surface area (Å²) in [6, 6.07) is 5.65. The van der Waals surface area contributed by atoms with Crippen LogP contribution in [0.1, 0.15) is 29.0 Å². The third-order valence-corrected chi connectivity index (χ3v) is 4.85. The van der Waals surface area contributed by atoms with Gasteiger partial charge in [0, 0.05) is 29.5 Å². The van der Waals surface area contributed by atoms with Crippen LogP contribution in [-0.2, 0) is 4.79 Å². The molecule has 1 aromatic heterocycles. The Balaban J connectivity index is 1.57. The van der Waals surface area contributed by atoms with Crippen molar-refractivity contribution in [3.63, 3.8) is 0 Å². The van der Waals surface area contributed by atoms with Gasteiger partial charge in [-0.05, 0) is 53.9 Å². The molecule has 1 aromatic carbocycles. The molecule has 0 aliphatic carbocycles. The Morgan fingerprint density at radius 2 is 2.04 bits per heavy atom. The molecule has 3 rings (SSSR count). The monoisotopic (exact) mass is 409 g/mol. The second-order valence-corrected chi connectivity index (χ2v) is 6.86. The number of carbonyl (C=O) groups excluding carboxylic acids is 2. The lowest BCUT2D eigenvalue weighted by atomic mass is 9.95. The van der Waals surface area contributed by atoms with Crippen molar-refractivity contribution in [2.75, 3.05) is 18.4 Å². The van der Waals surface area contributed by atoms with Gasteiger partial charge < -0.3 is 14.7 Å². The first-order valence-corrected chi connectivity index (χ1v) is 8.72. The highest BCUT2D eigenvalue weighted by molar-refractivity contribution is 9.10. The minimum absolute atomic E-state index is 0.122. The summed E-state index contributed by atoms with van der Waals surface area (Å²) >= 11 is 3.22. The number of rotatable bonds is 3. The van der Waals surface area contributed by atoms with Gasteiger partial charge in [-0.15, -0.1) is 0 Å². The van der Waals surface area contributed by atoms with Gasteiger partial charge in [0.05, 0.1) is 5.56 Å². The minimum atomic E-state index is -0.401. The fraction of sp³-hybridized carbons (Fsp3) is 0.353. The number of aromatic nitrogens is 1. The van der Waals surface area contributed by atoms with Crippen LogP contribution in [0.5, 0.6) is 0 Å². The second kappa shape index (κ2) is 7.35. The van der Waals surface area contributed by atoms with E-state index >= 15 is 0 Å². The molecule has 1 saturated heterocycles. The van der Waals surface area contributed by atoms with E-state index in [2.05, 4.69) is 26.4 Å². The van der Waals surface area contributed by atoms with Gasteiger partial charge in [-0.3, -0.25) is 9.59 Å². The van der Waals surface area contributed by atoms with Crippen LogP contribution in [-0.4, -0.2) is 35.0 Å². The summed E-state index contributed by atoms with van der Waals surface area (Å²) in [6.45, 7) is 2.69. The molecule has 25 heavy (non-hydrogen) atoms. The summed E-state index contributed by atoms with van der Waals surface area (Å²) in [4.78, 5) is 26.5. The predicted octanol–water partition coefficient (Wildman–Crippen LogP) is 3.38. The molecule has 2 amide bonds. The van der Waals surface area contributed by atoms with E-state index in [1.54, 1.807) is 17.9 Å². The van der Waals surface area contributed by atoms with Crippen molar-refractivity contribution in [1.29, 1.82) is 0 Å². The number of nitrogens with zero attached hydrogens (tertiary/aromatic N) is 2. The van der Waals surface area contributed by atoms with E-state index in [1.165, 1.54) is 18.2 Å². The number of hydrogen-bond donors (Lipinski definition) is 1. The Hall–Kier alpha value is -2.22. The fourth-order valence-electron chi connectivity index (χ4n) is 2.83. The quantitative estimate of drug-likeness (QED) is 0.842. The summed E-state index contributed by atoms with van der Waals surface area (Å²) in [5.41, 5.74) is 0.419. The van der Waals surface area contributed by atoms with E-state index in [0.29, 0.717) is 47.5 Å². The topological polar surface area (TPSA) is 75.4 Å². The van der Waals surface area contributed by atoms with Gasteiger partial charge in [-0.1, -0.05) is 5.16 Å². The van der Waals surface area contributed by atoms with E-state index in [9.17, 15) is 14.0 Å². The molecule has 0 bridgehead atoms. The maximum Gasteiger partial charge on any atom is 0.255 e.